The van der Waals surface area contributed by atoms with Crippen LogP contribution in [0, 0.1) is 5.82 Å². The molecular formula is C10H7BrF4OS. The number of benzene rings is 1. The summed E-state index contributed by atoms with van der Waals surface area (Å²) < 4.78 is 49.4. The van der Waals surface area contributed by atoms with Crippen LogP contribution >= 0.6 is 27.7 Å². The molecule has 0 heterocycles. The summed E-state index contributed by atoms with van der Waals surface area (Å²) >= 11 is 2.54. The molecule has 1 unspecified atom stereocenters. The van der Waals surface area contributed by atoms with Gasteiger partial charge in [0.2, 0.25) is 0 Å². The lowest BCUT2D eigenvalue weighted by Crippen LogP contribution is -2.10. The van der Waals surface area contributed by atoms with E-state index in [1.54, 1.807) is 0 Å². The highest BCUT2D eigenvalue weighted by Gasteiger charge is 2.30. The van der Waals surface area contributed by atoms with Gasteiger partial charge in [-0.15, -0.1) is 0 Å². The van der Waals surface area contributed by atoms with Crippen molar-refractivity contribution in [1.82, 2.24) is 0 Å². The van der Waals surface area contributed by atoms with E-state index < -0.39 is 33.7 Å². The van der Waals surface area contributed by atoms with Gasteiger partial charge in [0.25, 0.3) is 0 Å². The van der Waals surface area contributed by atoms with Gasteiger partial charge in [-0.3, -0.25) is 4.79 Å². The minimum Gasteiger partial charge on any atom is -0.293 e. The maximum absolute atomic E-state index is 13.1. The Kier molecular flexibility index (Phi) is 4.60. The highest BCUT2D eigenvalue weighted by molar-refractivity contribution is 9.10. The van der Waals surface area contributed by atoms with E-state index in [0.717, 1.165) is 18.2 Å². The Hall–Kier alpha value is -0.560. The minimum absolute atomic E-state index is 0.0823. The summed E-state index contributed by atoms with van der Waals surface area (Å²) in [7, 11) is 0. The van der Waals surface area contributed by atoms with Crippen LogP contribution in [0.4, 0.5) is 17.6 Å². The van der Waals surface area contributed by atoms with E-state index in [-0.39, 0.29) is 10.5 Å². The SMILES string of the molecule is CC(Br)C(=O)c1cc(F)cc(SC(F)(F)F)c1. The standard InChI is InChI=1S/C10H7BrF4OS/c1-5(11)9(16)6-2-7(12)4-8(3-6)17-10(13,14)15/h2-5H,1H3. The molecule has 0 fully saturated rings. The summed E-state index contributed by atoms with van der Waals surface area (Å²) in [4.78, 5) is 10.6. The van der Waals surface area contributed by atoms with Gasteiger partial charge in [0.1, 0.15) is 5.82 Å². The fourth-order valence-electron chi connectivity index (χ4n) is 1.13. The number of hydrogen-bond acceptors (Lipinski definition) is 2. The van der Waals surface area contributed by atoms with Gasteiger partial charge in [-0.2, -0.15) is 13.2 Å². The molecule has 0 amide bonds. The first-order valence-electron chi connectivity index (χ1n) is 4.43. The number of thioether (sulfide) groups is 1. The van der Waals surface area contributed by atoms with Crippen molar-refractivity contribution in [2.24, 2.45) is 0 Å². The molecule has 0 saturated carbocycles. The molecule has 17 heavy (non-hydrogen) atoms. The Labute approximate surface area is 108 Å². The van der Waals surface area contributed by atoms with Gasteiger partial charge < -0.3 is 0 Å². The average molecular weight is 331 g/mol. The summed E-state index contributed by atoms with van der Waals surface area (Å²) in [6.45, 7) is 1.52. The lowest BCUT2D eigenvalue weighted by atomic mass is 10.1. The number of ketones is 1. The first-order valence-corrected chi connectivity index (χ1v) is 6.17. The van der Waals surface area contributed by atoms with E-state index in [4.69, 9.17) is 0 Å². The molecule has 1 rings (SSSR count). The van der Waals surface area contributed by atoms with Crippen LogP contribution in [0.3, 0.4) is 0 Å². The summed E-state index contributed by atoms with van der Waals surface area (Å²) in [5, 5.41) is 0. The molecule has 0 aliphatic rings. The third-order valence-corrected chi connectivity index (χ3v) is 2.87. The summed E-state index contributed by atoms with van der Waals surface area (Å²) in [5.41, 5.74) is -4.59. The highest BCUT2D eigenvalue weighted by Crippen LogP contribution is 2.37. The highest BCUT2D eigenvalue weighted by atomic mass is 79.9. The number of alkyl halides is 4. The van der Waals surface area contributed by atoms with Gasteiger partial charge in [0.15, 0.2) is 5.78 Å². The first kappa shape index (κ1) is 14.5. The molecule has 1 aromatic rings. The number of rotatable bonds is 3. The van der Waals surface area contributed by atoms with Crippen LogP contribution in [0.25, 0.3) is 0 Å². The lowest BCUT2D eigenvalue weighted by Gasteiger charge is -2.08. The monoisotopic (exact) mass is 330 g/mol. The van der Waals surface area contributed by atoms with E-state index in [1.807, 2.05) is 0 Å². The van der Waals surface area contributed by atoms with Gasteiger partial charge in [0.05, 0.1) is 4.83 Å². The van der Waals surface area contributed by atoms with Crippen molar-refractivity contribution in [2.75, 3.05) is 0 Å². The Balaban J connectivity index is 3.07. The summed E-state index contributed by atoms with van der Waals surface area (Å²) in [6, 6.07) is 2.69. The number of carbonyl (C=O) groups excluding carboxylic acids is 1. The van der Waals surface area contributed by atoms with E-state index in [1.165, 1.54) is 6.92 Å². The molecule has 0 spiro atoms. The van der Waals surface area contributed by atoms with E-state index >= 15 is 0 Å². The van der Waals surface area contributed by atoms with Crippen LogP contribution in [-0.4, -0.2) is 16.1 Å². The van der Waals surface area contributed by atoms with Gasteiger partial charge >= 0.3 is 5.51 Å². The summed E-state index contributed by atoms with van der Waals surface area (Å²) in [5.74, 6) is -1.33. The molecule has 0 aliphatic carbocycles. The van der Waals surface area contributed by atoms with Crippen molar-refractivity contribution >= 4 is 33.5 Å². The number of hydrogen-bond donors (Lipinski definition) is 0. The van der Waals surface area contributed by atoms with Gasteiger partial charge in [0, 0.05) is 10.5 Å². The molecule has 1 nitrogen and oxygen atoms in total. The Bertz CT molecular complexity index is 431. The Morgan fingerprint density at radius 2 is 1.94 bits per heavy atom. The van der Waals surface area contributed by atoms with Crippen LogP contribution in [-0.2, 0) is 0 Å². The van der Waals surface area contributed by atoms with Crippen molar-refractivity contribution in [3.05, 3.63) is 29.6 Å². The largest absolute Gasteiger partial charge is 0.446 e. The van der Waals surface area contributed by atoms with E-state index in [9.17, 15) is 22.4 Å². The second kappa shape index (κ2) is 5.39. The predicted molar refractivity (Wildman–Crippen MR) is 61.0 cm³/mol. The van der Waals surface area contributed by atoms with Gasteiger partial charge in [-0.25, -0.2) is 4.39 Å². The number of carbonyl (C=O) groups is 1. The molecule has 1 atom stereocenters. The van der Waals surface area contributed by atoms with Gasteiger partial charge in [-0.1, -0.05) is 15.9 Å². The second-order valence-corrected chi connectivity index (χ2v) is 5.72. The molecule has 0 aliphatic heterocycles. The molecule has 1 aromatic carbocycles. The molecule has 0 radical (unpaired) electrons. The first-order chi connectivity index (χ1) is 7.69. The van der Waals surface area contributed by atoms with Crippen LogP contribution in [0.5, 0.6) is 0 Å². The van der Waals surface area contributed by atoms with Crippen LogP contribution in [0.2, 0.25) is 0 Å². The zero-order valence-electron chi connectivity index (χ0n) is 8.52. The van der Waals surface area contributed by atoms with E-state index in [0.29, 0.717) is 0 Å². The number of Topliss-reactive ketones (excluding diaryl/α,β-unsaturated/α-hetero) is 1. The van der Waals surface area contributed by atoms with Crippen molar-refractivity contribution in [2.45, 2.75) is 22.2 Å². The predicted octanol–water partition coefficient (Wildman–Crippen LogP) is 4.40. The second-order valence-electron chi connectivity index (χ2n) is 3.20. The fraction of sp³-hybridized carbons (Fsp3) is 0.300. The lowest BCUT2D eigenvalue weighted by molar-refractivity contribution is -0.0328. The van der Waals surface area contributed by atoms with Crippen LogP contribution in [0.1, 0.15) is 17.3 Å². The Morgan fingerprint density at radius 3 is 2.41 bits per heavy atom. The maximum Gasteiger partial charge on any atom is 0.446 e. The van der Waals surface area contributed by atoms with Gasteiger partial charge in [-0.05, 0) is 36.9 Å². The van der Waals surface area contributed by atoms with Crippen LogP contribution < -0.4 is 0 Å². The third kappa shape index (κ3) is 4.67. The molecule has 0 N–H and O–H groups in total. The average Bonchev–Trinajstić information content (AvgIpc) is 2.12. The summed E-state index contributed by atoms with van der Waals surface area (Å²) in [6.07, 6.45) is 0. The van der Waals surface area contributed by atoms with Crippen molar-refractivity contribution in [1.29, 1.82) is 0 Å². The molecule has 0 saturated heterocycles. The normalized spacial score (nSPS) is 13.5. The fourth-order valence-corrected chi connectivity index (χ4v) is 2.02. The molecule has 94 valence electrons. The molecule has 0 aromatic heterocycles. The minimum atomic E-state index is -4.51. The maximum atomic E-state index is 13.1. The smallest absolute Gasteiger partial charge is 0.293 e. The Morgan fingerprint density at radius 1 is 1.35 bits per heavy atom. The van der Waals surface area contributed by atoms with Crippen LogP contribution in [0.15, 0.2) is 23.1 Å². The molecule has 0 bridgehead atoms. The zero-order chi connectivity index (χ0) is 13.2. The van der Waals surface area contributed by atoms with Crippen molar-refractivity contribution in [3.8, 4) is 0 Å². The zero-order valence-corrected chi connectivity index (χ0v) is 10.9. The quantitative estimate of drug-likeness (QED) is 0.353. The van der Waals surface area contributed by atoms with E-state index in [2.05, 4.69) is 15.9 Å². The molecular weight excluding hydrogens is 324 g/mol. The van der Waals surface area contributed by atoms with Crippen molar-refractivity contribution < 1.29 is 22.4 Å². The molecule has 7 heteroatoms. The third-order valence-electron chi connectivity index (χ3n) is 1.75. The number of halogens is 5. The van der Waals surface area contributed by atoms with Crippen molar-refractivity contribution in [3.63, 3.8) is 0 Å². The topological polar surface area (TPSA) is 17.1 Å².